The number of anilines is 6. The van der Waals surface area contributed by atoms with E-state index < -0.39 is 0 Å². The molecule has 4 spiro atoms. The average Bonchev–Trinajstić information content (AvgIpc) is 1.62. The van der Waals surface area contributed by atoms with Gasteiger partial charge in [0.2, 0.25) is 29.5 Å². The third kappa shape index (κ3) is 22.1. The molecule has 0 bridgehead atoms. The first kappa shape index (κ1) is 102. The molecule has 150 heavy (non-hydrogen) atoms. The third-order valence-corrected chi connectivity index (χ3v) is 32.8. The van der Waals surface area contributed by atoms with Crippen molar-refractivity contribution in [2.24, 2.45) is 11.8 Å². The minimum atomic E-state index is -0.275. The van der Waals surface area contributed by atoms with Gasteiger partial charge in [-0.1, -0.05) is 0 Å². The van der Waals surface area contributed by atoms with Crippen LogP contribution in [0, 0.1) is 11.8 Å². The van der Waals surface area contributed by atoms with Crippen molar-refractivity contribution in [1.82, 2.24) is 88.7 Å². The molecule has 6 aromatic heterocycles. The molecule has 5 aliphatic carbocycles. The summed E-state index contributed by atoms with van der Waals surface area (Å²) >= 11 is 0. The van der Waals surface area contributed by atoms with Crippen LogP contribution in [0.2, 0.25) is 0 Å². The molecule has 0 aromatic carbocycles. The van der Waals surface area contributed by atoms with Gasteiger partial charge in [0.05, 0.1) is 129 Å². The fourth-order valence-corrected chi connectivity index (χ4v) is 21.8. The van der Waals surface area contributed by atoms with Crippen LogP contribution in [0.3, 0.4) is 0 Å². The number of carbonyl (C=O) groups excluding carboxylic acids is 12. The Bertz CT molecular complexity index is 6140. The number of ether oxygens (including phenoxy) is 8. The Morgan fingerprint density at radius 2 is 0.660 bits per heavy atom. The number of nitrogens with one attached hydrogen (secondary N) is 6. The smallest absolute Gasteiger partial charge is 0.410 e. The molecule has 0 unspecified atom stereocenters. The third-order valence-electron chi connectivity index (χ3n) is 32.8. The highest BCUT2D eigenvalue weighted by molar-refractivity contribution is 5.99. The molecule has 6 aromatic rings. The van der Waals surface area contributed by atoms with E-state index in [-0.39, 0.29) is 153 Å². The number of hydrogen-bond donors (Lipinski definition) is 6. The number of likely N-dealkylation sites (tertiary alicyclic amines) is 7. The van der Waals surface area contributed by atoms with Crippen LogP contribution in [-0.2, 0) is 33.4 Å². The number of fused-ring (bicyclic) bond motifs is 6. The maximum Gasteiger partial charge on any atom is 0.410 e. The molecule has 5 saturated carbocycles. The predicted molar refractivity (Wildman–Crippen MR) is 546 cm³/mol. The summed E-state index contributed by atoms with van der Waals surface area (Å²) in [7, 11) is 7.25. The summed E-state index contributed by atoms with van der Waals surface area (Å²) < 4.78 is 44.8. The fraction of sp³-hybridized carbons (Fsp3) is 0.604. The maximum absolute atomic E-state index is 12.9. The lowest BCUT2D eigenvalue weighted by molar-refractivity contribution is -0.150. The van der Waals surface area contributed by atoms with Gasteiger partial charge in [-0.2, -0.15) is 0 Å². The van der Waals surface area contributed by atoms with E-state index in [0.717, 1.165) is 139 Å². The van der Waals surface area contributed by atoms with Crippen LogP contribution < -0.4 is 60.3 Å². The number of likely N-dealkylation sites (N-methyl/N-ethyl adjacent to an activating group) is 4. The maximum atomic E-state index is 12.9. The van der Waals surface area contributed by atoms with Crippen molar-refractivity contribution in [3.05, 3.63) is 107 Å². The number of amides is 12. The number of aromatic nitrogens is 6. The van der Waals surface area contributed by atoms with Crippen LogP contribution in [0.1, 0.15) is 212 Å². The molecular weight excluding hydrogens is 1930 g/mol. The summed E-state index contributed by atoms with van der Waals surface area (Å²) in [5.74, 6) is 8.56. The number of nitrogens with zero attached hydrogens (tertiary/aromatic N) is 18. The molecular formula is C106H136N24O20. The lowest BCUT2D eigenvalue weighted by atomic mass is 10.1. The summed E-state index contributed by atoms with van der Waals surface area (Å²) in [5, 5.41) is 20.2. The molecule has 20 aliphatic rings. The van der Waals surface area contributed by atoms with Gasteiger partial charge >= 0.3 is 6.09 Å². The van der Waals surface area contributed by atoms with Gasteiger partial charge in [-0.3, -0.25) is 57.6 Å². The van der Waals surface area contributed by atoms with Crippen molar-refractivity contribution in [3.63, 3.8) is 0 Å². The second-order valence-electron chi connectivity index (χ2n) is 44.7. The standard InChI is InChI=1S/C19H24N4O4.C19H24N4O3.C18H22N4O3.C17H20N4O4.C17H24N4O3.C16H22N4O3/c1-22(17(24)13-9-26-10-13)14-2-5-23(8-14)18(25)12-6-15-16(20-7-12)21-19(3-4-19)11-27-15;1-22(17(24)12-2-3-12)14-4-7-23(10-14)18(25)13-8-15-16(20-9-13)21-19(5-6-19)11-26-15;23-15-2-1-6-22(15)13-3-7-21(10-13)17(24)12-8-14-16(19-9-12)20-18(4-5-18)11-25-14;22-15(20-4-1-12(9-20)21-5-6-24-16(21)23)11-7-13-14(18-8-11)19-17(2-3-17)10-25-13;1-11(22)20(4)13-5-6-21(9-13)16(23)12-7-14-15(18-8-12)19-17(2,3)10-24-14;1-10-9-23-14-6-12(7-17-15(14)18-10)16(22)20-5-4-13(8-20)19(3)11(2)21/h6-7,13-14H,2-5,8-11H2,1H3,(H,20,21);8-9,12,14H,2-7,10-11H2,1H3,(H,20,21);8-9,13H,1-7,10-11H2,(H,19,20);7-8,12H,1-6,9-10H2,(H,18,19);7-8,13H,5-6,9-10H2,1-4H3,(H,18,19);6-7,10,13H,4-5,8-9H2,1-3H3,(H,17,18)/t2*14-;13-;12-;13-;10-,13-/m000000/s1. The van der Waals surface area contributed by atoms with Crippen molar-refractivity contribution in [2.45, 2.75) is 220 Å². The van der Waals surface area contributed by atoms with E-state index in [1.807, 2.05) is 54.5 Å². The Kier molecular flexibility index (Phi) is 28.0. The van der Waals surface area contributed by atoms with Gasteiger partial charge in [-0.25, -0.2) is 34.7 Å². The Morgan fingerprint density at radius 1 is 0.347 bits per heavy atom. The van der Waals surface area contributed by atoms with Crippen LogP contribution in [0.4, 0.5) is 39.7 Å². The summed E-state index contributed by atoms with van der Waals surface area (Å²) in [6, 6.07) is 11.4. The van der Waals surface area contributed by atoms with Crippen molar-refractivity contribution >= 4 is 106 Å². The molecule has 7 atom stereocenters. The van der Waals surface area contributed by atoms with Gasteiger partial charge in [0.1, 0.15) is 46.2 Å². The van der Waals surface area contributed by atoms with E-state index in [1.54, 1.807) is 141 Å². The minimum absolute atomic E-state index is 0.0202. The van der Waals surface area contributed by atoms with Crippen LogP contribution in [0.15, 0.2) is 73.6 Å². The normalized spacial score (nSPS) is 24.6. The van der Waals surface area contributed by atoms with E-state index in [0.29, 0.717) is 230 Å². The molecule has 14 fully saturated rings. The largest absolute Gasteiger partial charge is 0.488 e. The molecule has 44 heteroatoms. The Balaban J connectivity index is 0.000000105. The molecule has 6 N–H and O–H groups in total. The molecule has 9 saturated heterocycles. The lowest BCUT2D eigenvalue weighted by Crippen LogP contribution is -2.48. The van der Waals surface area contributed by atoms with Crippen molar-refractivity contribution in [2.75, 3.05) is 211 Å². The van der Waals surface area contributed by atoms with E-state index in [4.69, 9.17) is 37.9 Å². The molecule has 800 valence electrons. The molecule has 15 aliphatic heterocycles. The Hall–Kier alpha value is -14.1. The first-order valence-electron chi connectivity index (χ1n) is 53.1. The Labute approximate surface area is 870 Å². The highest BCUT2D eigenvalue weighted by atomic mass is 16.6. The molecule has 44 nitrogen and oxygen atoms in total. The summed E-state index contributed by atoms with van der Waals surface area (Å²) in [6.45, 7) is 23.0. The first-order valence-corrected chi connectivity index (χ1v) is 53.1. The number of rotatable bonds is 14. The zero-order valence-corrected chi connectivity index (χ0v) is 86.8. The van der Waals surface area contributed by atoms with Crippen LogP contribution >= 0.6 is 0 Å². The van der Waals surface area contributed by atoms with Gasteiger partial charge < -0.3 is 124 Å². The number of hydrogen-bond acceptors (Lipinski definition) is 32. The first-order chi connectivity index (χ1) is 72.1. The SMILES string of the molecule is CC(=O)N(C)[C@H]1CCN(C(=O)c2cnc3c(c2)OCC(C)(C)N3)C1.CC(=O)N(C)[C@H]1CCN(C(=O)c2cnc3c(c2)OC[C@H](C)N3)C1.CN(C(=O)C1CC1)[C@H]1CCN(C(=O)c2cnc3c(c2)OCC2(CC2)N3)C1.CN(C(=O)C1COC1)[C@H]1CCN(C(=O)c2cnc3c(c2)OCC2(CC2)N3)C1.O=C(c1cnc2c(c1)OCC1(CC1)N2)N1CC[C@H](N2CCCC2=O)C1.O=C(c1cnc2c(c1)OCC1(CC1)N2)N1CC[C@H](N2CCOC2=O)C1. The fourth-order valence-electron chi connectivity index (χ4n) is 21.8. The van der Waals surface area contributed by atoms with Gasteiger partial charge in [-0.15, -0.1) is 0 Å². The van der Waals surface area contributed by atoms with Gasteiger partial charge in [0, 0.05) is 177 Å². The highest BCUT2D eigenvalue weighted by Crippen LogP contribution is 2.50. The Morgan fingerprint density at radius 3 is 0.973 bits per heavy atom. The van der Waals surface area contributed by atoms with Gasteiger partial charge in [0.25, 0.3) is 35.4 Å². The number of cyclic esters (lactones) is 1. The lowest BCUT2D eigenvalue weighted by Gasteiger charge is -2.32. The van der Waals surface area contributed by atoms with Crippen molar-refractivity contribution in [3.8, 4) is 34.5 Å². The van der Waals surface area contributed by atoms with Gasteiger partial charge in [0.15, 0.2) is 69.4 Å². The summed E-state index contributed by atoms with van der Waals surface area (Å²) in [4.78, 5) is 196. The predicted octanol–water partition coefficient (Wildman–Crippen LogP) is 6.90. The van der Waals surface area contributed by atoms with E-state index in [2.05, 4.69) is 61.8 Å². The summed E-state index contributed by atoms with van der Waals surface area (Å²) in [6.07, 6.45) is 26.7. The van der Waals surface area contributed by atoms with Crippen molar-refractivity contribution in [1.29, 1.82) is 0 Å². The highest BCUT2D eigenvalue weighted by Gasteiger charge is 2.53. The zero-order valence-electron chi connectivity index (χ0n) is 86.8. The topological polar surface area (TPSA) is 467 Å². The second-order valence-corrected chi connectivity index (χ2v) is 44.7. The number of pyridine rings is 6. The van der Waals surface area contributed by atoms with Crippen LogP contribution in [0.5, 0.6) is 34.5 Å². The van der Waals surface area contributed by atoms with Crippen molar-refractivity contribution < 1.29 is 95.4 Å². The van der Waals surface area contributed by atoms with Gasteiger partial charge in [-0.05, 0) is 166 Å². The molecule has 12 amide bonds. The quantitative estimate of drug-likeness (QED) is 0.0645. The molecule has 26 rings (SSSR count). The van der Waals surface area contributed by atoms with E-state index in [1.165, 1.54) is 0 Å². The number of carbonyl (C=O) groups is 12. The monoisotopic (exact) mass is 2070 g/mol. The average molecular weight is 2070 g/mol. The minimum Gasteiger partial charge on any atom is -0.488 e. The van der Waals surface area contributed by atoms with Crippen LogP contribution in [-0.4, -0.2) is 409 Å². The molecule has 0 radical (unpaired) electrons. The van der Waals surface area contributed by atoms with Crippen LogP contribution in [0.25, 0.3) is 0 Å². The molecule has 21 heterocycles. The second kappa shape index (κ2) is 41.3. The van der Waals surface area contributed by atoms with E-state index >= 15 is 0 Å². The summed E-state index contributed by atoms with van der Waals surface area (Å²) in [5.41, 5.74) is 3.31. The zero-order chi connectivity index (χ0) is 105. The van der Waals surface area contributed by atoms with E-state index in [9.17, 15) is 57.5 Å².